The molecule has 3 nitrogen and oxygen atoms in total. The lowest BCUT2D eigenvalue weighted by Crippen LogP contribution is -2.13. The number of ketones is 1. The molecule has 0 bridgehead atoms. The fraction of sp³-hybridized carbons (Fsp3) is 0.462. The minimum Gasteiger partial charge on any atom is -0.493 e. The summed E-state index contributed by atoms with van der Waals surface area (Å²) in [5.74, 6) is 1.34. The molecule has 0 amide bonds. The quantitative estimate of drug-likeness (QED) is 0.735. The molecule has 0 aromatic heterocycles. The molecule has 0 radical (unpaired) electrons. The van der Waals surface area contributed by atoms with Crippen molar-refractivity contribution in [1.82, 2.24) is 0 Å². The molecule has 0 fully saturated rings. The Morgan fingerprint density at radius 1 is 1.41 bits per heavy atom. The van der Waals surface area contributed by atoms with Gasteiger partial charge in [0.2, 0.25) is 0 Å². The predicted octanol–water partition coefficient (Wildman–Crippen LogP) is 2.83. The predicted molar refractivity (Wildman–Crippen MR) is 68.2 cm³/mol. The molecule has 0 heterocycles. The molecule has 1 aromatic carbocycles. The van der Waals surface area contributed by atoms with Crippen LogP contribution in [0.5, 0.6) is 11.5 Å². The van der Waals surface area contributed by atoms with Crippen molar-refractivity contribution in [3.8, 4) is 11.5 Å². The maximum Gasteiger partial charge on any atom is 0.161 e. The number of halogens is 1. The molecule has 94 valence electrons. The summed E-state index contributed by atoms with van der Waals surface area (Å²) >= 11 is 5.93. The van der Waals surface area contributed by atoms with Gasteiger partial charge in [0, 0.05) is 0 Å². The van der Waals surface area contributed by atoms with Crippen LogP contribution in [0.1, 0.15) is 19.4 Å². The molecule has 1 atom stereocenters. The first-order valence-electron chi connectivity index (χ1n) is 5.52. The largest absolute Gasteiger partial charge is 0.493 e. The average Bonchev–Trinajstić information content (AvgIpc) is 2.31. The SMILES string of the molecule is CCOc1ccc(CC(Cl)C(C)=O)cc1OC. The minimum atomic E-state index is -0.488. The number of ether oxygens (including phenoxy) is 2. The maximum absolute atomic E-state index is 11.1. The second-order valence-electron chi connectivity index (χ2n) is 3.70. The van der Waals surface area contributed by atoms with Gasteiger partial charge in [-0.2, -0.15) is 0 Å². The number of methoxy groups -OCH3 is 1. The van der Waals surface area contributed by atoms with E-state index in [4.69, 9.17) is 21.1 Å². The lowest BCUT2D eigenvalue weighted by atomic mass is 10.1. The van der Waals surface area contributed by atoms with Crippen molar-refractivity contribution in [2.24, 2.45) is 0 Å². The van der Waals surface area contributed by atoms with E-state index in [0.29, 0.717) is 24.5 Å². The Kier molecular flexibility index (Phi) is 5.29. The number of benzene rings is 1. The van der Waals surface area contributed by atoms with E-state index in [9.17, 15) is 4.79 Å². The molecule has 0 N–H and O–H groups in total. The van der Waals surface area contributed by atoms with E-state index in [-0.39, 0.29) is 5.78 Å². The molecule has 1 unspecified atom stereocenters. The van der Waals surface area contributed by atoms with E-state index in [0.717, 1.165) is 5.56 Å². The maximum atomic E-state index is 11.1. The summed E-state index contributed by atoms with van der Waals surface area (Å²) in [6, 6.07) is 5.58. The van der Waals surface area contributed by atoms with E-state index in [1.807, 2.05) is 25.1 Å². The summed E-state index contributed by atoms with van der Waals surface area (Å²) in [5.41, 5.74) is 0.959. The van der Waals surface area contributed by atoms with Crippen LogP contribution in [0.3, 0.4) is 0 Å². The van der Waals surface area contributed by atoms with Crippen molar-refractivity contribution in [3.63, 3.8) is 0 Å². The standard InChI is InChI=1S/C13H17ClO3/c1-4-17-12-6-5-10(8-13(12)16-3)7-11(14)9(2)15/h5-6,8,11H,4,7H2,1-3H3. The molecule has 0 aliphatic rings. The Bertz CT molecular complexity index is 390. The topological polar surface area (TPSA) is 35.5 Å². The van der Waals surface area contributed by atoms with Crippen LogP contribution in [0, 0.1) is 0 Å². The molecule has 0 spiro atoms. The van der Waals surface area contributed by atoms with E-state index >= 15 is 0 Å². The number of carbonyl (C=O) groups excluding carboxylic acids is 1. The Morgan fingerprint density at radius 3 is 2.65 bits per heavy atom. The second kappa shape index (κ2) is 6.50. The van der Waals surface area contributed by atoms with Crippen molar-refractivity contribution in [2.45, 2.75) is 25.6 Å². The van der Waals surface area contributed by atoms with Crippen LogP contribution in [-0.2, 0) is 11.2 Å². The molecule has 0 saturated heterocycles. The third-order valence-electron chi connectivity index (χ3n) is 2.38. The molecule has 17 heavy (non-hydrogen) atoms. The molecule has 1 aromatic rings. The van der Waals surface area contributed by atoms with Crippen LogP contribution in [0.25, 0.3) is 0 Å². The molecule has 0 aliphatic carbocycles. The summed E-state index contributed by atoms with van der Waals surface area (Å²) in [6.45, 7) is 3.99. The highest BCUT2D eigenvalue weighted by atomic mass is 35.5. The lowest BCUT2D eigenvalue weighted by molar-refractivity contribution is -0.116. The Balaban J connectivity index is 2.85. The summed E-state index contributed by atoms with van der Waals surface area (Å²) in [5, 5.41) is -0.488. The smallest absolute Gasteiger partial charge is 0.161 e. The van der Waals surface area contributed by atoms with Gasteiger partial charge < -0.3 is 9.47 Å². The van der Waals surface area contributed by atoms with Crippen molar-refractivity contribution in [1.29, 1.82) is 0 Å². The highest BCUT2D eigenvalue weighted by Gasteiger charge is 2.13. The molecule has 1 rings (SSSR count). The highest BCUT2D eigenvalue weighted by molar-refractivity contribution is 6.30. The van der Waals surface area contributed by atoms with E-state index in [2.05, 4.69) is 0 Å². The fourth-order valence-electron chi connectivity index (χ4n) is 1.46. The first-order valence-corrected chi connectivity index (χ1v) is 5.96. The Hall–Kier alpha value is -1.22. The highest BCUT2D eigenvalue weighted by Crippen LogP contribution is 2.28. The summed E-state index contributed by atoms with van der Waals surface area (Å²) in [6.07, 6.45) is 0.500. The number of carbonyl (C=O) groups is 1. The van der Waals surface area contributed by atoms with Gasteiger partial charge in [0.15, 0.2) is 11.5 Å². The average molecular weight is 257 g/mol. The Morgan fingerprint density at radius 2 is 2.12 bits per heavy atom. The Labute approximate surface area is 107 Å². The van der Waals surface area contributed by atoms with Gasteiger partial charge in [-0.1, -0.05) is 6.07 Å². The van der Waals surface area contributed by atoms with Crippen molar-refractivity contribution >= 4 is 17.4 Å². The first kappa shape index (κ1) is 13.8. The van der Waals surface area contributed by atoms with Crippen molar-refractivity contribution < 1.29 is 14.3 Å². The lowest BCUT2D eigenvalue weighted by Gasteiger charge is -2.12. The summed E-state index contributed by atoms with van der Waals surface area (Å²) < 4.78 is 10.6. The van der Waals surface area contributed by atoms with E-state index in [1.54, 1.807) is 7.11 Å². The number of alkyl halides is 1. The zero-order chi connectivity index (χ0) is 12.8. The molecular formula is C13H17ClO3. The number of hydrogen-bond donors (Lipinski definition) is 0. The molecular weight excluding hydrogens is 240 g/mol. The van der Waals surface area contributed by atoms with Gasteiger partial charge in [0.05, 0.1) is 19.1 Å². The van der Waals surface area contributed by atoms with Gasteiger partial charge in [-0.3, -0.25) is 4.79 Å². The van der Waals surface area contributed by atoms with Crippen LogP contribution in [-0.4, -0.2) is 24.9 Å². The summed E-state index contributed by atoms with van der Waals surface area (Å²) in [4.78, 5) is 11.1. The van der Waals surface area contributed by atoms with Crippen molar-refractivity contribution in [2.75, 3.05) is 13.7 Å². The number of rotatable bonds is 6. The third-order valence-corrected chi connectivity index (χ3v) is 2.85. The molecule has 0 aliphatic heterocycles. The van der Waals surface area contributed by atoms with E-state index in [1.165, 1.54) is 6.92 Å². The monoisotopic (exact) mass is 256 g/mol. The second-order valence-corrected chi connectivity index (χ2v) is 4.23. The summed E-state index contributed by atoms with van der Waals surface area (Å²) in [7, 11) is 1.59. The third kappa shape index (κ3) is 3.93. The zero-order valence-corrected chi connectivity index (χ0v) is 11.1. The van der Waals surface area contributed by atoms with Gasteiger partial charge in [-0.05, 0) is 38.0 Å². The van der Waals surface area contributed by atoms with Crippen LogP contribution in [0.4, 0.5) is 0 Å². The zero-order valence-electron chi connectivity index (χ0n) is 10.3. The molecule has 4 heteroatoms. The number of Topliss-reactive ketones (excluding diaryl/α,β-unsaturated/α-hetero) is 1. The minimum absolute atomic E-state index is 0.0282. The van der Waals surface area contributed by atoms with E-state index < -0.39 is 5.38 Å². The van der Waals surface area contributed by atoms with Gasteiger partial charge in [-0.15, -0.1) is 11.6 Å². The van der Waals surface area contributed by atoms with Crippen molar-refractivity contribution in [3.05, 3.63) is 23.8 Å². The van der Waals surface area contributed by atoms with Crippen LogP contribution >= 0.6 is 11.6 Å². The van der Waals surface area contributed by atoms with Gasteiger partial charge in [0.1, 0.15) is 5.78 Å². The number of hydrogen-bond acceptors (Lipinski definition) is 3. The first-order chi connectivity index (χ1) is 8.08. The normalized spacial score (nSPS) is 12.0. The fourth-order valence-corrected chi connectivity index (χ4v) is 1.64. The van der Waals surface area contributed by atoms with Crippen LogP contribution in [0.2, 0.25) is 0 Å². The van der Waals surface area contributed by atoms with Crippen LogP contribution in [0.15, 0.2) is 18.2 Å². The molecule has 0 saturated carbocycles. The van der Waals surface area contributed by atoms with Gasteiger partial charge in [-0.25, -0.2) is 0 Å². The van der Waals surface area contributed by atoms with Gasteiger partial charge in [0.25, 0.3) is 0 Å². The van der Waals surface area contributed by atoms with Crippen LogP contribution < -0.4 is 9.47 Å². The van der Waals surface area contributed by atoms with Gasteiger partial charge >= 0.3 is 0 Å².